The number of fused-ring (bicyclic) bond motifs is 2. The van der Waals surface area contributed by atoms with Crippen molar-refractivity contribution < 1.29 is 4.79 Å². The maximum Gasteiger partial charge on any atom is 0.256 e. The van der Waals surface area contributed by atoms with Crippen molar-refractivity contribution in [1.29, 1.82) is 0 Å². The number of amides is 1. The molecule has 0 aliphatic carbocycles. The van der Waals surface area contributed by atoms with E-state index in [0.29, 0.717) is 6.54 Å². The van der Waals surface area contributed by atoms with Gasteiger partial charge in [0.25, 0.3) is 5.91 Å². The second-order valence-corrected chi connectivity index (χ2v) is 5.01. The van der Waals surface area contributed by atoms with E-state index in [1.807, 2.05) is 41.6 Å². The number of H-pyrrole nitrogens is 1. The zero-order valence-corrected chi connectivity index (χ0v) is 10.9. The molecule has 2 aromatic heterocycles. The van der Waals surface area contributed by atoms with Gasteiger partial charge in [0.1, 0.15) is 5.82 Å². The highest BCUT2D eigenvalue weighted by atomic mass is 16.2. The predicted octanol–water partition coefficient (Wildman–Crippen LogP) is 2.02. The third-order valence-electron chi connectivity index (χ3n) is 3.85. The first-order valence-corrected chi connectivity index (χ1v) is 6.68. The van der Waals surface area contributed by atoms with Crippen molar-refractivity contribution in [3.8, 4) is 0 Å². The third-order valence-corrected chi connectivity index (χ3v) is 3.85. The summed E-state index contributed by atoms with van der Waals surface area (Å²) in [7, 11) is 0. The van der Waals surface area contributed by atoms with Gasteiger partial charge in [0, 0.05) is 37.1 Å². The Morgan fingerprint density at radius 2 is 2.20 bits per heavy atom. The molecule has 1 aromatic carbocycles. The molecule has 3 heterocycles. The summed E-state index contributed by atoms with van der Waals surface area (Å²) in [5.41, 5.74) is 1.64. The first kappa shape index (κ1) is 11.3. The highest BCUT2D eigenvalue weighted by Crippen LogP contribution is 2.20. The van der Waals surface area contributed by atoms with Crippen LogP contribution >= 0.6 is 0 Å². The molecule has 1 N–H and O–H groups in total. The number of hydrogen-bond acceptors (Lipinski definition) is 2. The van der Waals surface area contributed by atoms with Crippen LogP contribution in [0.25, 0.3) is 10.9 Å². The molecule has 1 aliphatic rings. The van der Waals surface area contributed by atoms with Crippen LogP contribution in [0, 0.1) is 0 Å². The monoisotopic (exact) mass is 266 g/mol. The van der Waals surface area contributed by atoms with E-state index in [2.05, 4.69) is 14.5 Å². The van der Waals surface area contributed by atoms with Crippen molar-refractivity contribution >= 4 is 16.8 Å². The largest absolute Gasteiger partial charge is 0.361 e. The number of carbonyl (C=O) groups is 1. The summed E-state index contributed by atoms with van der Waals surface area (Å²) < 4.78 is 2.10. The van der Waals surface area contributed by atoms with Gasteiger partial charge in [0.15, 0.2) is 0 Å². The van der Waals surface area contributed by atoms with E-state index in [4.69, 9.17) is 0 Å². The molecule has 0 spiro atoms. The maximum absolute atomic E-state index is 12.7. The first-order valence-electron chi connectivity index (χ1n) is 6.68. The van der Waals surface area contributed by atoms with Gasteiger partial charge in [-0.3, -0.25) is 4.79 Å². The fourth-order valence-electron chi connectivity index (χ4n) is 2.78. The van der Waals surface area contributed by atoms with E-state index in [-0.39, 0.29) is 5.91 Å². The molecule has 0 saturated heterocycles. The minimum absolute atomic E-state index is 0.0623. The number of nitrogens with one attached hydrogen (secondary N) is 1. The molecule has 0 unspecified atom stereocenters. The van der Waals surface area contributed by atoms with Gasteiger partial charge in [0.2, 0.25) is 0 Å². The van der Waals surface area contributed by atoms with Crippen molar-refractivity contribution in [1.82, 2.24) is 19.4 Å². The molecular formula is C15H14N4O. The van der Waals surface area contributed by atoms with E-state index in [9.17, 15) is 4.79 Å². The van der Waals surface area contributed by atoms with Crippen LogP contribution in [-0.4, -0.2) is 31.9 Å². The standard InChI is InChI=1S/C15H14N4O/c20-15(12-3-1-2-11-4-5-17-14(11)12)19-9-8-18-7-6-16-13(18)10-19/h1-7,17H,8-10H2. The lowest BCUT2D eigenvalue weighted by Crippen LogP contribution is -2.38. The summed E-state index contributed by atoms with van der Waals surface area (Å²) in [6.07, 6.45) is 5.61. The Kier molecular flexibility index (Phi) is 2.39. The van der Waals surface area contributed by atoms with Gasteiger partial charge in [0.05, 0.1) is 17.6 Å². The Morgan fingerprint density at radius 1 is 1.25 bits per heavy atom. The summed E-state index contributed by atoms with van der Waals surface area (Å²) in [6, 6.07) is 7.79. The smallest absolute Gasteiger partial charge is 0.256 e. The van der Waals surface area contributed by atoms with Gasteiger partial charge in [-0.05, 0) is 12.1 Å². The molecule has 0 bridgehead atoms. The molecule has 0 atom stereocenters. The average molecular weight is 266 g/mol. The lowest BCUT2D eigenvalue weighted by atomic mass is 10.1. The molecule has 0 radical (unpaired) electrons. The fourth-order valence-corrected chi connectivity index (χ4v) is 2.78. The van der Waals surface area contributed by atoms with Crippen molar-refractivity contribution in [2.24, 2.45) is 0 Å². The van der Waals surface area contributed by atoms with Gasteiger partial charge < -0.3 is 14.5 Å². The number of para-hydroxylation sites is 1. The highest BCUT2D eigenvalue weighted by molar-refractivity contribution is 6.05. The molecular weight excluding hydrogens is 252 g/mol. The van der Waals surface area contributed by atoms with E-state index in [0.717, 1.165) is 35.4 Å². The summed E-state index contributed by atoms with van der Waals surface area (Å²) in [4.78, 5) is 22.0. The third kappa shape index (κ3) is 1.63. The van der Waals surface area contributed by atoms with Gasteiger partial charge in [-0.1, -0.05) is 12.1 Å². The molecule has 5 nitrogen and oxygen atoms in total. The molecule has 20 heavy (non-hydrogen) atoms. The van der Waals surface area contributed by atoms with Gasteiger partial charge in [-0.25, -0.2) is 4.98 Å². The fraction of sp³-hybridized carbons (Fsp3) is 0.200. The lowest BCUT2D eigenvalue weighted by Gasteiger charge is -2.27. The Labute approximate surface area is 115 Å². The van der Waals surface area contributed by atoms with Gasteiger partial charge >= 0.3 is 0 Å². The quantitative estimate of drug-likeness (QED) is 0.732. The van der Waals surface area contributed by atoms with Gasteiger partial charge in [-0.2, -0.15) is 0 Å². The molecule has 1 amide bonds. The number of carbonyl (C=O) groups excluding carboxylic acids is 1. The van der Waals surface area contributed by atoms with Crippen molar-refractivity contribution in [2.75, 3.05) is 6.54 Å². The number of imidazole rings is 1. The normalized spacial score (nSPS) is 14.5. The zero-order valence-electron chi connectivity index (χ0n) is 10.9. The number of hydrogen-bond donors (Lipinski definition) is 1. The molecule has 4 rings (SSSR count). The van der Waals surface area contributed by atoms with E-state index in [1.165, 1.54) is 0 Å². The van der Waals surface area contributed by atoms with Crippen LogP contribution in [0.4, 0.5) is 0 Å². The van der Waals surface area contributed by atoms with E-state index in [1.54, 1.807) is 6.20 Å². The van der Waals surface area contributed by atoms with E-state index >= 15 is 0 Å². The summed E-state index contributed by atoms with van der Waals surface area (Å²) >= 11 is 0. The van der Waals surface area contributed by atoms with Crippen LogP contribution in [-0.2, 0) is 13.1 Å². The van der Waals surface area contributed by atoms with Crippen LogP contribution in [0.15, 0.2) is 42.9 Å². The summed E-state index contributed by atoms with van der Waals surface area (Å²) in [6.45, 7) is 2.10. The number of aromatic nitrogens is 3. The second kappa shape index (κ2) is 4.23. The Hall–Kier alpha value is -2.56. The molecule has 3 aromatic rings. The molecule has 100 valence electrons. The van der Waals surface area contributed by atoms with Gasteiger partial charge in [-0.15, -0.1) is 0 Å². The topological polar surface area (TPSA) is 53.9 Å². The second-order valence-electron chi connectivity index (χ2n) is 5.01. The Balaban J connectivity index is 1.70. The van der Waals surface area contributed by atoms with Crippen LogP contribution in [0.5, 0.6) is 0 Å². The predicted molar refractivity (Wildman–Crippen MR) is 75.3 cm³/mol. The SMILES string of the molecule is O=C(c1cccc2cc[nH]c12)N1CCn2ccnc2C1. The van der Waals surface area contributed by atoms with Crippen molar-refractivity contribution in [3.63, 3.8) is 0 Å². The zero-order chi connectivity index (χ0) is 13.5. The summed E-state index contributed by atoms with van der Waals surface area (Å²) in [5.74, 6) is 1.01. The van der Waals surface area contributed by atoms with Crippen LogP contribution in [0.2, 0.25) is 0 Å². The number of nitrogens with zero attached hydrogens (tertiary/aromatic N) is 3. The van der Waals surface area contributed by atoms with Crippen LogP contribution in [0.1, 0.15) is 16.2 Å². The summed E-state index contributed by atoms with van der Waals surface area (Å²) in [5, 5.41) is 1.06. The number of aromatic amines is 1. The first-order chi connectivity index (χ1) is 9.83. The maximum atomic E-state index is 12.7. The Morgan fingerprint density at radius 3 is 3.15 bits per heavy atom. The molecule has 0 saturated carbocycles. The van der Waals surface area contributed by atoms with Crippen LogP contribution in [0.3, 0.4) is 0 Å². The molecule has 5 heteroatoms. The lowest BCUT2D eigenvalue weighted by molar-refractivity contribution is 0.0709. The Bertz CT molecular complexity index is 786. The van der Waals surface area contributed by atoms with E-state index < -0.39 is 0 Å². The molecule has 0 fully saturated rings. The van der Waals surface area contributed by atoms with Crippen molar-refractivity contribution in [3.05, 3.63) is 54.2 Å². The minimum atomic E-state index is 0.0623. The number of rotatable bonds is 1. The minimum Gasteiger partial charge on any atom is -0.361 e. The number of benzene rings is 1. The van der Waals surface area contributed by atoms with Crippen LogP contribution < -0.4 is 0 Å². The van der Waals surface area contributed by atoms with Crippen molar-refractivity contribution in [2.45, 2.75) is 13.1 Å². The average Bonchev–Trinajstić information content (AvgIpc) is 3.13. The molecule has 1 aliphatic heterocycles. The highest BCUT2D eigenvalue weighted by Gasteiger charge is 2.23.